The van der Waals surface area contributed by atoms with Gasteiger partial charge in [-0.1, -0.05) is 37.3 Å². The number of nitrogens with two attached hydrogens (primary N) is 1. The zero-order valence-electron chi connectivity index (χ0n) is 10.4. The van der Waals surface area contributed by atoms with Crippen molar-refractivity contribution < 1.29 is 4.79 Å². The summed E-state index contributed by atoms with van der Waals surface area (Å²) in [5, 5.41) is 3.43. The molecule has 0 saturated heterocycles. The molecule has 4 heteroatoms. The molecule has 2 rings (SSSR count). The number of benzene rings is 1. The summed E-state index contributed by atoms with van der Waals surface area (Å²) in [4.78, 5) is 12.2. The summed E-state index contributed by atoms with van der Waals surface area (Å²) in [6.07, 6.45) is 6.72. The average Bonchev–Trinajstić information content (AvgIpc) is 2.62. The standard InChI is InChI=1S/C14H19ClN2O/c15-12-8-7-11(16)9-13(12)17-14(18)10-5-3-1-2-4-6-10/h7-10H,1-6,16H2,(H,17,18). The minimum absolute atomic E-state index is 0.0735. The molecule has 1 aromatic rings. The van der Waals surface area contributed by atoms with Crippen molar-refractivity contribution in [1.82, 2.24) is 0 Å². The first kappa shape index (κ1) is 13.2. The van der Waals surface area contributed by atoms with Gasteiger partial charge in [0.1, 0.15) is 0 Å². The van der Waals surface area contributed by atoms with Crippen molar-refractivity contribution in [2.45, 2.75) is 38.5 Å². The molecule has 0 unspecified atom stereocenters. The van der Waals surface area contributed by atoms with Crippen LogP contribution in [0.1, 0.15) is 38.5 Å². The molecule has 1 aromatic carbocycles. The fraction of sp³-hybridized carbons (Fsp3) is 0.500. The van der Waals surface area contributed by atoms with Gasteiger partial charge in [-0.3, -0.25) is 4.79 Å². The molecule has 1 fully saturated rings. The third-order valence-corrected chi connectivity index (χ3v) is 3.80. The van der Waals surface area contributed by atoms with E-state index in [2.05, 4.69) is 5.32 Å². The molecule has 0 aromatic heterocycles. The predicted molar refractivity (Wildman–Crippen MR) is 75.7 cm³/mol. The Morgan fingerprint density at radius 1 is 1.22 bits per heavy atom. The average molecular weight is 267 g/mol. The van der Waals surface area contributed by atoms with Gasteiger partial charge in [0, 0.05) is 11.6 Å². The van der Waals surface area contributed by atoms with E-state index in [1.54, 1.807) is 18.2 Å². The van der Waals surface area contributed by atoms with E-state index in [0.717, 1.165) is 25.7 Å². The third-order valence-electron chi connectivity index (χ3n) is 3.47. The van der Waals surface area contributed by atoms with Crippen molar-refractivity contribution in [3.8, 4) is 0 Å². The highest BCUT2D eigenvalue weighted by atomic mass is 35.5. The van der Waals surface area contributed by atoms with Crippen LogP contribution in [0.25, 0.3) is 0 Å². The maximum absolute atomic E-state index is 12.2. The van der Waals surface area contributed by atoms with Crippen LogP contribution in [0, 0.1) is 5.92 Å². The summed E-state index contributed by atoms with van der Waals surface area (Å²) in [6, 6.07) is 5.14. The maximum Gasteiger partial charge on any atom is 0.227 e. The van der Waals surface area contributed by atoms with Crippen LogP contribution in [-0.4, -0.2) is 5.91 Å². The SMILES string of the molecule is Nc1ccc(Cl)c(NC(=O)C2CCCCCC2)c1. The van der Waals surface area contributed by atoms with Crippen molar-refractivity contribution in [2.24, 2.45) is 5.92 Å². The minimum Gasteiger partial charge on any atom is -0.399 e. The summed E-state index contributed by atoms with van der Waals surface area (Å²) < 4.78 is 0. The van der Waals surface area contributed by atoms with Crippen LogP contribution in [0.15, 0.2) is 18.2 Å². The number of anilines is 2. The number of amides is 1. The van der Waals surface area contributed by atoms with Crippen molar-refractivity contribution >= 4 is 28.9 Å². The number of rotatable bonds is 2. The Kier molecular flexibility index (Phi) is 4.48. The number of carbonyl (C=O) groups is 1. The highest BCUT2D eigenvalue weighted by Gasteiger charge is 2.20. The number of carbonyl (C=O) groups excluding carboxylic acids is 1. The number of hydrogen-bond donors (Lipinski definition) is 2. The molecular weight excluding hydrogens is 248 g/mol. The summed E-state index contributed by atoms with van der Waals surface area (Å²) in [6.45, 7) is 0. The first-order valence-electron chi connectivity index (χ1n) is 6.52. The Bertz CT molecular complexity index is 426. The molecule has 1 saturated carbocycles. The summed E-state index contributed by atoms with van der Waals surface area (Å²) in [5.74, 6) is 0.189. The van der Waals surface area contributed by atoms with Gasteiger partial charge in [0.05, 0.1) is 10.7 Å². The lowest BCUT2D eigenvalue weighted by Crippen LogP contribution is -2.22. The van der Waals surface area contributed by atoms with Gasteiger partial charge in [-0.25, -0.2) is 0 Å². The van der Waals surface area contributed by atoms with Crippen LogP contribution in [0.3, 0.4) is 0 Å². The monoisotopic (exact) mass is 266 g/mol. The molecule has 98 valence electrons. The predicted octanol–water partition coefficient (Wildman–Crippen LogP) is 3.83. The van der Waals surface area contributed by atoms with Crippen LogP contribution in [0.5, 0.6) is 0 Å². The van der Waals surface area contributed by atoms with Crippen LogP contribution < -0.4 is 11.1 Å². The molecule has 0 radical (unpaired) electrons. The van der Waals surface area contributed by atoms with Gasteiger partial charge in [-0.15, -0.1) is 0 Å². The molecule has 0 aliphatic heterocycles. The van der Waals surface area contributed by atoms with Crippen molar-refractivity contribution in [3.63, 3.8) is 0 Å². The van der Waals surface area contributed by atoms with E-state index < -0.39 is 0 Å². The second-order valence-electron chi connectivity index (χ2n) is 4.92. The molecule has 0 spiro atoms. The molecule has 3 nitrogen and oxygen atoms in total. The molecule has 1 aliphatic carbocycles. The minimum atomic E-state index is 0.0735. The Balaban J connectivity index is 2.03. The topological polar surface area (TPSA) is 55.1 Å². The zero-order valence-corrected chi connectivity index (χ0v) is 11.2. The lowest BCUT2D eigenvalue weighted by molar-refractivity contribution is -0.120. The Morgan fingerprint density at radius 3 is 2.56 bits per heavy atom. The molecular formula is C14H19ClN2O. The van der Waals surface area contributed by atoms with Crippen LogP contribution in [0.2, 0.25) is 5.02 Å². The van der Waals surface area contributed by atoms with E-state index in [-0.39, 0.29) is 11.8 Å². The summed E-state index contributed by atoms with van der Waals surface area (Å²) in [5.41, 5.74) is 6.92. The van der Waals surface area contributed by atoms with E-state index in [1.165, 1.54) is 12.8 Å². The Morgan fingerprint density at radius 2 is 1.89 bits per heavy atom. The fourth-order valence-corrected chi connectivity index (χ4v) is 2.58. The van der Waals surface area contributed by atoms with Gasteiger partial charge in [-0.2, -0.15) is 0 Å². The van der Waals surface area contributed by atoms with Gasteiger partial charge >= 0.3 is 0 Å². The van der Waals surface area contributed by atoms with Crippen molar-refractivity contribution in [2.75, 3.05) is 11.1 Å². The molecule has 3 N–H and O–H groups in total. The highest BCUT2D eigenvalue weighted by molar-refractivity contribution is 6.33. The number of nitrogens with one attached hydrogen (secondary N) is 1. The third kappa shape index (κ3) is 3.39. The first-order valence-corrected chi connectivity index (χ1v) is 6.90. The Labute approximate surface area is 113 Å². The molecule has 1 amide bonds. The largest absolute Gasteiger partial charge is 0.399 e. The normalized spacial score (nSPS) is 17.2. The van der Waals surface area contributed by atoms with E-state index in [0.29, 0.717) is 16.4 Å². The van der Waals surface area contributed by atoms with E-state index in [4.69, 9.17) is 17.3 Å². The smallest absolute Gasteiger partial charge is 0.227 e. The Hall–Kier alpha value is -1.22. The molecule has 18 heavy (non-hydrogen) atoms. The van der Waals surface area contributed by atoms with Crippen LogP contribution in [0.4, 0.5) is 11.4 Å². The number of halogens is 1. The lowest BCUT2D eigenvalue weighted by atomic mass is 9.99. The summed E-state index contributed by atoms with van der Waals surface area (Å²) >= 11 is 6.04. The second-order valence-corrected chi connectivity index (χ2v) is 5.32. The first-order chi connectivity index (χ1) is 8.66. The molecule has 0 bridgehead atoms. The van der Waals surface area contributed by atoms with E-state index in [9.17, 15) is 4.79 Å². The van der Waals surface area contributed by atoms with Gasteiger partial charge in [0.15, 0.2) is 0 Å². The number of hydrogen-bond acceptors (Lipinski definition) is 2. The van der Waals surface area contributed by atoms with Crippen molar-refractivity contribution in [1.29, 1.82) is 0 Å². The lowest BCUT2D eigenvalue weighted by Gasteiger charge is -2.15. The molecule has 0 heterocycles. The fourth-order valence-electron chi connectivity index (χ4n) is 2.42. The van der Waals surface area contributed by atoms with E-state index in [1.807, 2.05) is 0 Å². The van der Waals surface area contributed by atoms with Gasteiger partial charge in [-0.05, 0) is 31.0 Å². The molecule has 0 atom stereocenters. The van der Waals surface area contributed by atoms with Crippen LogP contribution in [-0.2, 0) is 4.79 Å². The van der Waals surface area contributed by atoms with Gasteiger partial charge in [0.2, 0.25) is 5.91 Å². The maximum atomic E-state index is 12.2. The summed E-state index contributed by atoms with van der Waals surface area (Å²) in [7, 11) is 0. The quantitative estimate of drug-likeness (QED) is 0.631. The van der Waals surface area contributed by atoms with Crippen molar-refractivity contribution in [3.05, 3.63) is 23.2 Å². The van der Waals surface area contributed by atoms with E-state index >= 15 is 0 Å². The number of nitrogen functional groups attached to an aromatic ring is 1. The highest BCUT2D eigenvalue weighted by Crippen LogP contribution is 2.27. The second kappa shape index (κ2) is 6.10. The molecule has 1 aliphatic rings. The van der Waals surface area contributed by atoms with Gasteiger partial charge < -0.3 is 11.1 Å². The van der Waals surface area contributed by atoms with Gasteiger partial charge in [0.25, 0.3) is 0 Å². The zero-order chi connectivity index (χ0) is 13.0. The van der Waals surface area contributed by atoms with Crippen LogP contribution >= 0.6 is 11.6 Å².